The van der Waals surface area contributed by atoms with E-state index in [0.717, 1.165) is 51.4 Å². The lowest BCUT2D eigenvalue weighted by molar-refractivity contribution is 0.295. The molecule has 0 aliphatic rings. The maximum atomic E-state index is 11.8. The summed E-state index contributed by atoms with van der Waals surface area (Å²) in [7, 11) is 0. The predicted octanol–water partition coefficient (Wildman–Crippen LogP) is 6.54. The van der Waals surface area contributed by atoms with Gasteiger partial charge in [-0.25, -0.2) is 0 Å². The molecule has 0 bridgehead atoms. The lowest BCUT2D eigenvalue weighted by Gasteiger charge is -2.14. The third-order valence-corrected chi connectivity index (χ3v) is 6.45. The van der Waals surface area contributed by atoms with Gasteiger partial charge in [0, 0.05) is 23.3 Å². The zero-order chi connectivity index (χ0) is 30.2. The fourth-order valence-electron chi connectivity index (χ4n) is 3.98. The summed E-state index contributed by atoms with van der Waals surface area (Å²) >= 11 is 0. The number of rotatable bonds is 12. The molecule has 218 valence electrons. The Balaban J connectivity index is 2.05. The Morgan fingerprint density at radius 1 is 0.548 bits per heavy atom. The molecule has 0 aliphatic heterocycles. The van der Waals surface area contributed by atoms with Gasteiger partial charge in [-0.2, -0.15) is 0 Å². The van der Waals surface area contributed by atoms with Crippen LogP contribution in [0.1, 0.15) is 87.5 Å². The smallest absolute Gasteiger partial charge is 0.220 e. The summed E-state index contributed by atoms with van der Waals surface area (Å²) in [6.07, 6.45) is 8.43. The Labute approximate surface area is 248 Å². The second kappa shape index (κ2) is 17.2. The first-order chi connectivity index (χ1) is 20.4. The molecule has 0 unspecified atom stereocenters. The van der Waals surface area contributed by atoms with Gasteiger partial charge in [0.25, 0.3) is 0 Å². The molecule has 0 aliphatic carbocycles. The van der Waals surface area contributed by atoms with Crippen molar-refractivity contribution in [1.82, 2.24) is 0 Å². The molecule has 2 N–H and O–H groups in total. The van der Waals surface area contributed by atoms with Crippen LogP contribution in [0.15, 0.2) is 70.3 Å². The van der Waals surface area contributed by atoms with E-state index >= 15 is 0 Å². The van der Waals surface area contributed by atoms with Crippen molar-refractivity contribution < 1.29 is 19.7 Å². The Morgan fingerprint density at radius 2 is 0.952 bits per heavy atom. The van der Waals surface area contributed by atoms with Gasteiger partial charge in [-0.15, -0.1) is 0 Å². The van der Waals surface area contributed by atoms with Crippen molar-refractivity contribution in [2.24, 2.45) is 0 Å². The second-order valence-corrected chi connectivity index (χ2v) is 9.91. The SMILES string of the molecule is CCCCCCOc1cc(C#Cc2ccc(O)c(=O)cc2)c(OCCCCCC)cc1C#Cc1ccc(O)c(=O)cc1. The van der Waals surface area contributed by atoms with E-state index in [9.17, 15) is 19.8 Å². The summed E-state index contributed by atoms with van der Waals surface area (Å²) in [6, 6.07) is 15.2. The summed E-state index contributed by atoms with van der Waals surface area (Å²) in [6.45, 7) is 5.36. The zero-order valence-corrected chi connectivity index (χ0v) is 24.4. The maximum absolute atomic E-state index is 11.8. The molecule has 0 amide bonds. The molecule has 0 atom stereocenters. The molecular formula is C36H38O6. The number of unbranched alkanes of at least 4 members (excludes halogenated alkanes) is 6. The normalized spacial score (nSPS) is 10.1. The molecule has 0 heterocycles. The zero-order valence-electron chi connectivity index (χ0n) is 24.4. The van der Waals surface area contributed by atoms with Crippen molar-refractivity contribution in [3.63, 3.8) is 0 Å². The summed E-state index contributed by atoms with van der Waals surface area (Å²) in [5.74, 6) is 12.9. The third-order valence-electron chi connectivity index (χ3n) is 6.45. The lowest BCUT2D eigenvalue weighted by Crippen LogP contribution is -2.03. The Bertz CT molecular complexity index is 1470. The van der Waals surface area contributed by atoms with Crippen molar-refractivity contribution in [3.05, 3.63) is 103 Å². The van der Waals surface area contributed by atoms with Crippen LogP contribution in [0.3, 0.4) is 0 Å². The Hall–Kier alpha value is -4.68. The minimum Gasteiger partial charge on any atom is -0.504 e. The standard InChI is InChI=1S/C36H38O6/c1-3-5-7-9-23-41-35-25-30(18-12-28-15-21-33(39)34(40)22-16-28)36(42-24-10-8-6-4-2)26-29(35)17-11-27-13-19-31(37)32(38)20-14-27/h13-16,19-22,25-26H,3-10,23-24H2,1-2H3,(H,37,38)(H,39,40). The summed E-state index contributed by atoms with van der Waals surface area (Å²) in [4.78, 5) is 23.6. The van der Waals surface area contributed by atoms with E-state index < -0.39 is 10.9 Å². The summed E-state index contributed by atoms with van der Waals surface area (Å²) in [5, 5.41) is 19.5. The first kappa shape index (κ1) is 31.8. The van der Waals surface area contributed by atoms with E-state index in [0.29, 0.717) is 47.0 Å². The molecule has 42 heavy (non-hydrogen) atoms. The molecule has 0 fully saturated rings. The minimum absolute atomic E-state index is 0.338. The second-order valence-electron chi connectivity index (χ2n) is 9.91. The van der Waals surface area contributed by atoms with Crippen LogP contribution in [0.25, 0.3) is 0 Å². The molecule has 0 aromatic heterocycles. The van der Waals surface area contributed by atoms with Gasteiger partial charge >= 0.3 is 0 Å². The molecule has 0 saturated heterocycles. The quantitative estimate of drug-likeness (QED) is 0.191. The van der Waals surface area contributed by atoms with Crippen LogP contribution in [-0.2, 0) is 0 Å². The predicted molar refractivity (Wildman–Crippen MR) is 166 cm³/mol. The molecule has 0 saturated carbocycles. The molecule has 3 rings (SSSR count). The molecule has 6 nitrogen and oxygen atoms in total. The van der Waals surface area contributed by atoms with Gasteiger partial charge in [-0.05, 0) is 61.4 Å². The molecular weight excluding hydrogens is 528 g/mol. The van der Waals surface area contributed by atoms with E-state index in [-0.39, 0.29) is 11.5 Å². The molecule has 3 aromatic rings. The number of ether oxygens (including phenoxy) is 2. The number of hydrogen-bond acceptors (Lipinski definition) is 6. The van der Waals surface area contributed by atoms with Crippen molar-refractivity contribution in [2.45, 2.75) is 65.2 Å². The largest absolute Gasteiger partial charge is 0.504 e. The van der Waals surface area contributed by atoms with Gasteiger partial charge in [0.1, 0.15) is 11.5 Å². The summed E-state index contributed by atoms with van der Waals surface area (Å²) in [5.41, 5.74) is 1.40. The molecule has 3 aromatic carbocycles. The van der Waals surface area contributed by atoms with Crippen LogP contribution in [0.2, 0.25) is 0 Å². The van der Waals surface area contributed by atoms with E-state index in [2.05, 4.69) is 37.5 Å². The van der Waals surface area contributed by atoms with Gasteiger partial charge in [0.05, 0.1) is 24.3 Å². The van der Waals surface area contributed by atoms with Gasteiger partial charge in [-0.3, -0.25) is 9.59 Å². The van der Waals surface area contributed by atoms with Gasteiger partial charge in [-0.1, -0.05) is 76.1 Å². The van der Waals surface area contributed by atoms with Crippen LogP contribution in [0.4, 0.5) is 0 Å². The topological polar surface area (TPSA) is 93.1 Å². The average Bonchev–Trinajstić information content (AvgIpc) is 3.26. The Kier molecular flexibility index (Phi) is 13.0. The third kappa shape index (κ3) is 10.4. The first-order valence-electron chi connectivity index (χ1n) is 14.6. The molecule has 0 radical (unpaired) electrons. The van der Waals surface area contributed by atoms with Crippen molar-refractivity contribution in [2.75, 3.05) is 13.2 Å². The van der Waals surface area contributed by atoms with Crippen molar-refractivity contribution in [1.29, 1.82) is 0 Å². The first-order valence-corrected chi connectivity index (χ1v) is 14.6. The Morgan fingerprint density at radius 3 is 1.36 bits per heavy atom. The van der Waals surface area contributed by atoms with Crippen molar-refractivity contribution >= 4 is 0 Å². The highest BCUT2D eigenvalue weighted by Gasteiger charge is 2.11. The lowest BCUT2D eigenvalue weighted by atomic mass is 10.1. The minimum atomic E-state index is -0.477. The average molecular weight is 567 g/mol. The van der Waals surface area contributed by atoms with E-state index in [4.69, 9.17) is 9.47 Å². The van der Waals surface area contributed by atoms with Gasteiger partial charge in [0.2, 0.25) is 10.9 Å². The van der Waals surface area contributed by atoms with Crippen LogP contribution in [0.5, 0.6) is 23.0 Å². The number of benzene rings is 1. The summed E-state index contributed by atoms with van der Waals surface area (Å²) < 4.78 is 12.4. The van der Waals surface area contributed by atoms with E-state index in [1.54, 1.807) is 24.3 Å². The highest BCUT2D eigenvalue weighted by molar-refractivity contribution is 5.60. The van der Waals surface area contributed by atoms with Crippen LogP contribution in [-0.4, -0.2) is 23.4 Å². The van der Waals surface area contributed by atoms with Crippen LogP contribution < -0.4 is 20.3 Å². The molecule has 0 spiro atoms. The molecule has 6 heteroatoms. The maximum Gasteiger partial charge on any atom is 0.220 e. The highest BCUT2D eigenvalue weighted by atomic mass is 16.5. The van der Waals surface area contributed by atoms with E-state index in [1.165, 1.54) is 24.3 Å². The van der Waals surface area contributed by atoms with Gasteiger partial charge in [0.15, 0.2) is 11.5 Å². The van der Waals surface area contributed by atoms with Crippen LogP contribution >= 0.6 is 0 Å². The number of aromatic hydroxyl groups is 2. The fraction of sp³-hybridized carbons (Fsp3) is 0.333. The van der Waals surface area contributed by atoms with Crippen LogP contribution in [0, 0.1) is 23.7 Å². The monoisotopic (exact) mass is 566 g/mol. The van der Waals surface area contributed by atoms with Gasteiger partial charge < -0.3 is 19.7 Å². The highest BCUT2D eigenvalue weighted by Crippen LogP contribution is 2.29. The van der Waals surface area contributed by atoms with E-state index in [1.807, 2.05) is 12.1 Å². The van der Waals surface area contributed by atoms with Crippen molar-refractivity contribution in [3.8, 4) is 46.7 Å². The number of hydrogen-bond donors (Lipinski definition) is 2. The fourth-order valence-corrected chi connectivity index (χ4v) is 3.98.